The van der Waals surface area contributed by atoms with Crippen LogP contribution in [0.15, 0.2) is 47.6 Å². The lowest BCUT2D eigenvalue weighted by Gasteiger charge is -2.08. The second-order valence-electron chi connectivity index (χ2n) is 5.99. The fraction of sp³-hybridized carbons (Fsp3) is 0.263. The lowest BCUT2D eigenvalue weighted by Crippen LogP contribution is -2.24. The number of hydrazone groups is 1. The van der Waals surface area contributed by atoms with Gasteiger partial charge in [0, 0.05) is 11.6 Å². The first-order valence-electron chi connectivity index (χ1n) is 8.27. The van der Waals surface area contributed by atoms with E-state index in [0.29, 0.717) is 17.2 Å². The molecule has 0 aromatic heterocycles. The first-order valence-corrected chi connectivity index (χ1v) is 8.27. The molecule has 27 heavy (non-hydrogen) atoms. The van der Waals surface area contributed by atoms with Crippen molar-refractivity contribution in [3.8, 4) is 11.5 Å². The number of nitro groups is 1. The van der Waals surface area contributed by atoms with Crippen molar-refractivity contribution in [3.05, 3.63) is 63.7 Å². The number of methoxy groups -OCH3 is 1. The van der Waals surface area contributed by atoms with Crippen LogP contribution in [0.4, 0.5) is 5.69 Å². The second kappa shape index (κ2) is 9.33. The third-order valence-corrected chi connectivity index (χ3v) is 3.72. The van der Waals surface area contributed by atoms with Gasteiger partial charge < -0.3 is 9.47 Å². The Hall–Kier alpha value is -3.42. The molecular weight excluding hydrogens is 350 g/mol. The van der Waals surface area contributed by atoms with Crippen LogP contribution in [0.3, 0.4) is 0 Å². The first-order chi connectivity index (χ1) is 12.9. The van der Waals surface area contributed by atoms with Crippen molar-refractivity contribution in [2.45, 2.75) is 19.8 Å². The molecule has 0 atom stereocenters. The number of benzene rings is 2. The van der Waals surface area contributed by atoms with Crippen LogP contribution in [0.5, 0.6) is 11.5 Å². The summed E-state index contributed by atoms with van der Waals surface area (Å²) in [5, 5.41) is 14.8. The van der Waals surface area contributed by atoms with Crippen molar-refractivity contribution >= 4 is 17.8 Å². The molecule has 0 bridgehead atoms. The summed E-state index contributed by atoms with van der Waals surface area (Å²) >= 11 is 0. The minimum atomic E-state index is -0.548. The van der Waals surface area contributed by atoms with Crippen molar-refractivity contribution in [3.63, 3.8) is 0 Å². The number of nitrogens with one attached hydrogen (secondary N) is 1. The van der Waals surface area contributed by atoms with Gasteiger partial charge in [-0.1, -0.05) is 26.0 Å². The number of ether oxygens (including phenoxy) is 2. The summed E-state index contributed by atoms with van der Waals surface area (Å²) in [5.74, 6) is 0.718. The molecule has 2 rings (SSSR count). The smallest absolute Gasteiger partial charge is 0.311 e. The number of carbonyl (C=O) groups is 1. The molecule has 0 saturated carbocycles. The van der Waals surface area contributed by atoms with Crippen LogP contribution in [-0.4, -0.2) is 30.8 Å². The summed E-state index contributed by atoms with van der Waals surface area (Å²) in [7, 11) is 1.35. The zero-order valence-electron chi connectivity index (χ0n) is 15.3. The Morgan fingerprint density at radius 1 is 1.26 bits per heavy atom. The molecule has 1 amide bonds. The van der Waals surface area contributed by atoms with E-state index in [9.17, 15) is 14.9 Å². The zero-order valence-corrected chi connectivity index (χ0v) is 15.3. The van der Waals surface area contributed by atoms with E-state index in [4.69, 9.17) is 9.47 Å². The van der Waals surface area contributed by atoms with Crippen molar-refractivity contribution in [2.24, 2.45) is 5.10 Å². The number of rotatable bonds is 8. The molecular formula is C19H21N3O5. The van der Waals surface area contributed by atoms with Crippen molar-refractivity contribution < 1.29 is 19.2 Å². The van der Waals surface area contributed by atoms with Crippen LogP contribution >= 0.6 is 0 Å². The largest absolute Gasteiger partial charge is 0.490 e. The Morgan fingerprint density at radius 3 is 2.56 bits per heavy atom. The zero-order chi connectivity index (χ0) is 19.8. The van der Waals surface area contributed by atoms with Crippen LogP contribution in [-0.2, 0) is 4.79 Å². The van der Waals surface area contributed by atoms with Crippen molar-refractivity contribution in [2.75, 3.05) is 13.7 Å². The van der Waals surface area contributed by atoms with Crippen LogP contribution in [0, 0.1) is 10.1 Å². The SMILES string of the molecule is COc1ccc(/C=N/NC(=O)COc2ccc(C(C)C)cc2)cc1[N+](=O)[O-]. The molecule has 8 nitrogen and oxygen atoms in total. The van der Waals surface area contributed by atoms with E-state index in [2.05, 4.69) is 24.4 Å². The number of carbonyl (C=O) groups excluding carboxylic acids is 1. The quantitative estimate of drug-likeness (QED) is 0.436. The lowest BCUT2D eigenvalue weighted by atomic mass is 10.0. The average Bonchev–Trinajstić information content (AvgIpc) is 2.66. The highest BCUT2D eigenvalue weighted by Gasteiger charge is 2.14. The summed E-state index contributed by atoms with van der Waals surface area (Å²) in [4.78, 5) is 22.2. The lowest BCUT2D eigenvalue weighted by molar-refractivity contribution is -0.385. The molecule has 2 aromatic rings. The van der Waals surface area contributed by atoms with Crippen molar-refractivity contribution in [1.29, 1.82) is 0 Å². The minimum Gasteiger partial charge on any atom is -0.490 e. The number of hydrogen-bond acceptors (Lipinski definition) is 6. The number of hydrogen-bond donors (Lipinski definition) is 1. The van der Waals surface area contributed by atoms with E-state index in [-0.39, 0.29) is 18.0 Å². The van der Waals surface area contributed by atoms with Crippen LogP contribution in [0.1, 0.15) is 30.9 Å². The van der Waals surface area contributed by atoms with Gasteiger partial charge in [-0.05, 0) is 35.7 Å². The molecule has 1 N–H and O–H groups in total. The molecule has 142 valence electrons. The predicted molar refractivity (Wildman–Crippen MR) is 101 cm³/mol. The molecule has 0 radical (unpaired) electrons. The fourth-order valence-corrected chi connectivity index (χ4v) is 2.24. The minimum absolute atomic E-state index is 0.151. The molecule has 8 heteroatoms. The molecule has 0 aliphatic rings. The summed E-state index contributed by atoms with van der Waals surface area (Å²) < 4.78 is 10.3. The number of nitrogens with zero attached hydrogens (tertiary/aromatic N) is 2. The highest BCUT2D eigenvalue weighted by Crippen LogP contribution is 2.26. The summed E-state index contributed by atoms with van der Waals surface area (Å²) in [6.45, 7) is 4.00. The monoisotopic (exact) mass is 371 g/mol. The van der Waals surface area contributed by atoms with Gasteiger partial charge in [-0.3, -0.25) is 14.9 Å². The van der Waals surface area contributed by atoms with E-state index < -0.39 is 10.8 Å². The highest BCUT2D eigenvalue weighted by atomic mass is 16.6. The maximum absolute atomic E-state index is 11.8. The first kappa shape index (κ1) is 19.9. The van der Waals surface area contributed by atoms with Crippen LogP contribution in [0.2, 0.25) is 0 Å². The third-order valence-electron chi connectivity index (χ3n) is 3.72. The molecule has 0 aliphatic heterocycles. The predicted octanol–water partition coefficient (Wildman–Crippen LogP) is 3.26. The van der Waals surface area contributed by atoms with Gasteiger partial charge in [0.15, 0.2) is 12.4 Å². The Labute approximate surface area is 157 Å². The van der Waals surface area contributed by atoms with E-state index in [1.54, 1.807) is 6.07 Å². The third kappa shape index (κ3) is 5.81. The average molecular weight is 371 g/mol. The molecule has 0 aliphatic carbocycles. The molecule has 0 heterocycles. The molecule has 2 aromatic carbocycles. The summed E-state index contributed by atoms with van der Waals surface area (Å²) in [6, 6.07) is 11.9. The number of nitro benzene ring substituents is 1. The van der Waals surface area contributed by atoms with Gasteiger partial charge >= 0.3 is 5.69 Å². The summed E-state index contributed by atoms with van der Waals surface area (Å²) in [6.07, 6.45) is 1.31. The normalized spacial score (nSPS) is 10.8. The van der Waals surface area contributed by atoms with Gasteiger partial charge in [-0.15, -0.1) is 0 Å². The van der Waals surface area contributed by atoms with E-state index in [1.165, 1.54) is 31.0 Å². The molecule has 0 spiro atoms. The van der Waals surface area contributed by atoms with Gasteiger partial charge in [0.25, 0.3) is 5.91 Å². The highest BCUT2D eigenvalue weighted by molar-refractivity contribution is 5.84. The standard InChI is InChI=1S/C19H21N3O5/c1-13(2)15-5-7-16(8-6-15)27-12-19(23)21-20-11-14-4-9-18(26-3)17(10-14)22(24)25/h4-11,13H,12H2,1-3H3,(H,21,23)/b20-11+. The van der Waals surface area contributed by atoms with E-state index in [0.717, 1.165) is 0 Å². The topological polar surface area (TPSA) is 103 Å². The Balaban J connectivity index is 1.88. The molecule has 0 saturated heterocycles. The van der Waals surface area contributed by atoms with Gasteiger partial charge in [0.1, 0.15) is 5.75 Å². The molecule has 0 fully saturated rings. The Morgan fingerprint density at radius 2 is 1.96 bits per heavy atom. The van der Waals surface area contributed by atoms with Gasteiger partial charge in [-0.2, -0.15) is 5.10 Å². The van der Waals surface area contributed by atoms with Crippen LogP contribution in [0.25, 0.3) is 0 Å². The van der Waals surface area contributed by atoms with Gasteiger partial charge in [0.05, 0.1) is 18.2 Å². The van der Waals surface area contributed by atoms with Gasteiger partial charge in [0.2, 0.25) is 0 Å². The maximum Gasteiger partial charge on any atom is 0.311 e. The van der Waals surface area contributed by atoms with Crippen molar-refractivity contribution in [1.82, 2.24) is 5.43 Å². The maximum atomic E-state index is 11.8. The van der Waals surface area contributed by atoms with E-state index in [1.807, 2.05) is 24.3 Å². The Kier molecular flexibility index (Phi) is 6.87. The molecule has 0 unspecified atom stereocenters. The van der Waals surface area contributed by atoms with Gasteiger partial charge in [-0.25, -0.2) is 5.43 Å². The van der Waals surface area contributed by atoms with Crippen LogP contribution < -0.4 is 14.9 Å². The second-order valence-corrected chi connectivity index (χ2v) is 5.99. The summed E-state index contributed by atoms with van der Waals surface area (Å²) in [5.41, 5.74) is 3.77. The Bertz CT molecular complexity index is 832. The fourth-order valence-electron chi connectivity index (χ4n) is 2.24. The number of amides is 1. The van der Waals surface area contributed by atoms with E-state index >= 15 is 0 Å².